The predicted octanol–water partition coefficient (Wildman–Crippen LogP) is 1.77. The van der Waals surface area contributed by atoms with Gasteiger partial charge in [0.05, 0.1) is 5.69 Å². The Bertz CT molecular complexity index is 731. The molecule has 0 aromatic carbocycles. The van der Waals surface area contributed by atoms with Crippen molar-refractivity contribution in [2.75, 3.05) is 6.54 Å². The van der Waals surface area contributed by atoms with Gasteiger partial charge in [0.25, 0.3) is 0 Å². The molecule has 2 heterocycles. The summed E-state index contributed by atoms with van der Waals surface area (Å²) in [5.41, 5.74) is 2.57. The smallest absolute Gasteiger partial charge is 0.248 e. The molecule has 0 spiro atoms. The number of aryl methyl sites for hydroxylation is 2. The summed E-state index contributed by atoms with van der Waals surface area (Å²) in [4.78, 5) is 8.74. The maximum Gasteiger partial charge on any atom is 0.248 e. The van der Waals surface area contributed by atoms with Gasteiger partial charge in [-0.3, -0.25) is 4.68 Å². The summed E-state index contributed by atoms with van der Waals surface area (Å²) >= 11 is 0. The number of nitrogens with one attached hydrogen (secondary N) is 2. The predicted molar refractivity (Wildman–Crippen MR) is 95.4 cm³/mol. The quantitative estimate of drug-likeness (QED) is 0.634. The van der Waals surface area contributed by atoms with Gasteiger partial charge in [0, 0.05) is 31.2 Å². The molecule has 2 aromatic rings. The first-order valence-electron chi connectivity index (χ1n) is 8.96. The van der Waals surface area contributed by atoms with Crippen LogP contribution in [0.4, 0.5) is 0 Å². The molecule has 2 aromatic heterocycles. The van der Waals surface area contributed by atoms with Crippen LogP contribution in [-0.2, 0) is 19.4 Å². The molecule has 0 saturated heterocycles. The Labute approximate surface area is 148 Å². The van der Waals surface area contributed by atoms with Gasteiger partial charge in [-0.1, -0.05) is 5.16 Å². The highest BCUT2D eigenvalue weighted by Crippen LogP contribution is 2.21. The molecule has 0 fully saturated rings. The molecule has 3 rings (SSSR count). The normalized spacial score (nSPS) is 17.6. The molecule has 0 amide bonds. The Balaban J connectivity index is 1.64. The van der Waals surface area contributed by atoms with Crippen molar-refractivity contribution in [1.29, 1.82) is 0 Å². The van der Waals surface area contributed by atoms with E-state index in [1.807, 2.05) is 0 Å². The van der Waals surface area contributed by atoms with Gasteiger partial charge < -0.3 is 15.2 Å². The van der Waals surface area contributed by atoms with Gasteiger partial charge in [-0.25, -0.2) is 4.99 Å². The first-order chi connectivity index (χ1) is 12.0. The highest BCUT2D eigenvalue weighted by molar-refractivity contribution is 5.80. The number of fused-ring (bicyclic) bond motifs is 1. The minimum absolute atomic E-state index is 0.324. The van der Waals surface area contributed by atoms with Crippen LogP contribution in [0, 0.1) is 6.92 Å². The van der Waals surface area contributed by atoms with E-state index in [1.54, 1.807) is 6.92 Å². The Hall–Kier alpha value is -2.38. The molecule has 1 unspecified atom stereocenters. The zero-order valence-electron chi connectivity index (χ0n) is 15.4. The molecule has 1 atom stereocenters. The van der Waals surface area contributed by atoms with Gasteiger partial charge in [-0.05, 0) is 46.1 Å². The molecule has 0 bridgehead atoms. The zero-order chi connectivity index (χ0) is 17.8. The third kappa shape index (κ3) is 4.37. The van der Waals surface area contributed by atoms with E-state index < -0.39 is 0 Å². The minimum Gasteiger partial charge on any atom is -0.357 e. The molecule has 0 aliphatic heterocycles. The first-order valence-corrected chi connectivity index (χ1v) is 8.96. The molecule has 0 radical (unpaired) electrons. The number of nitrogens with zero attached hydrogens (tertiary/aromatic N) is 5. The van der Waals surface area contributed by atoms with Crippen LogP contribution in [0.25, 0.3) is 0 Å². The zero-order valence-corrected chi connectivity index (χ0v) is 15.4. The monoisotopic (exact) mass is 345 g/mol. The Morgan fingerprint density at radius 3 is 3.00 bits per heavy atom. The van der Waals surface area contributed by atoms with Gasteiger partial charge in [0.15, 0.2) is 11.8 Å². The maximum atomic E-state index is 5.12. The lowest BCUT2D eigenvalue weighted by Crippen LogP contribution is -2.45. The van der Waals surface area contributed by atoms with Crippen LogP contribution in [0.1, 0.15) is 56.2 Å². The van der Waals surface area contributed by atoms with Crippen LogP contribution in [-0.4, -0.2) is 38.5 Å². The summed E-state index contributed by atoms with van der Waals surface area (Å²) < 4.78 is 7.18. The fourth-order valence-electron chi connectivity index (χ4n) is 2.96. The van der Waals surface area contributed by atoms with Crippen molar-refractivity contribution >= 4 is 5.96 Å². The fourth-order valence-corrected chi connectivity index (χ4v) is 2.96. The van der Waals surface area contributed by atoms with E-state index in [9.17, 15) is 0 Å². The maximum absolute atomic E-state index is 5.12. The third-order valence-corrected chi connectivity index (χ3v) is 4.25. The summed E-state index contributed by atoms with van der Waals surface area (Å²) in [5, 5.41) is 15.3. The van der Waals surface area contributed by atoms with Gasteiger partial charge in [0.1, 0.15) is 6.54 Å². The minimum atomic E-state index is 0.324. The van der Waals surface area contributed by atoms with Crippen LogP contribution in [0.15, 0.2) is 15.7 Å². The van der Waals surface area contributed by atoms with Crippen LogP contribution < -0.4 is 10.6 Å². The van der Waals surface area contributed by atoms with Crippen LogP contribution in [0.3, 0.4) is 0 Å². The molecule has 136 valence electrons. The van der Waals surface area contributed by atoms with Crippen LogP contribution in [0.5, 0.6) is 0 Å². The van der Waals surface area contributed by atoms with E-state index in [4.69, 9.17) is 9.62 Å². The number of guanidine groups is 1. The second-order valence-electron chi connectivity index (χ2n) is 6.69. The lowest BCUT2D eigenvalue weighted by molar-refractivity contribution is 0.376. The fraction of sp³-hybridized carbons (Fsp3) is 0.647. The average molecular weight is 345 g/mol. The molecule has 8 nitrogen and oxygen atoms in total. The summed E-state index contributed by atoms with van der Waals surface area (Å²) in [6.45, 7) is 9.34. The number of aliphatic imine (C=N–C) groups is 1. The van der Waals surface area contributed by atoms with Gasteiger partial charge in [0.2, 0.25) is 5.89 Å². The lowest BCUT2D eigenvalue weighted by atomic mass is 9.94. The molecular formula is C17H27N7O. The van der Waals surface area contributed by atoms with Crippen molar-refractivity contribution in [2.45, 2.75) is 65.6 Å². The van der Waals surface area contributed by atoms with Crippen molar-refractivity contribution in [2.24, 2.45) is 4.99 Å². The van der Waals surface area contributed by atoms with Crippen molar-refractivity contribution in [3.63, 3.8) is 0 Å². The van der Waals surface area contributed by atoms with Crippen molar-refractivity contribution < 1.29 is 4.52 Å². The van der Waals surface area contributed by atoms with E-state index in [0.29, 0.717) is 30.3 Å². The summed E-state index contributed by atoms with van der Waals surface area (Å²) in [6, 6.07) is 0.721. The number of aromatic nitrogens is 4. The highest BCUT2D eigenvalue weighted by atomic mass is 16.5. The van der Waals surface area contributed by atoms with E-state index in [2.05, 4.69) is 57.4 Å². The highest BCUT2D eigenvalue weighted by Gasteiger charge is 2.23. The Morgan fingerprint density at radius 1 is 1.48 bits per heavy atom. The van der Waals surface area contributed by atoms with Crippen molar-refractivity contribution in [3.05, 3.63) is 29.2 Å². The van der Waals surface area contributed by atoms with Gasteiger partial charge in [-0.2, -0.15) is 10.1 Å². The number of hydrogen-bond acceptors (Lipinski definition) is 5. The second-order valence-corrected chi connectivity index (χ2v) is 6.69. The summed E-state index contributed by atoms with van der Waals surface area (Å²) in [6.07, 6.45) is 5.22. The van der Waals surface area contributed by atoms with E-state index in [1.165, 1.54) is 11.3 Å². The van der Waals surface area contributed by atoms with E-state index in [0.717, 1.165) is 31.8 Å². The van der Waals surface area contributed by atoms with Gasteiger partial charge in [-0.15, -0.1) is 0 Å². The standard InChI is InChI=1S/C17H27N7O/c1-5-18-17(19-9-16-20-12(4)23-25-16)21-14-7-6-13-10-24(11(2)3)22-15(13)8-14/h10-11,14H,5-9H2,1-4H3,(H2,18,19,21). The van der Waals surface area contributed by atoms with E-state index in [-0.39, 0.29) is 0 Å². The number of hydrogen-bond donors (Lipinski definition) is 2. The third-order valence-electron chi connectivity index (χ3n) is 4.25. The largest absolute Gasteiger partial charge is 0.357 e. The number of rotatable bonds is 5. The van der Waals surface area contributed by atoms with Crippen molar-refractivity contribution in [3.8, 4) is 0 Å². The van der Waals surface area contributed by atoms with E-state index >= 15 is 0 Å². The Kier molecular flexibility index (Phi) is 5.35. The van der Waals surface area contributed by atoms with Gasteiger partial charge >= 0.3 is 0 Å². The molecule has 2 N–H and O–H groups in total. The molecule has 25 heavy (non-hydrogen) atoms. The van der Waals surface area contributed by atoms with Crippen LogP contribution in [0.2, 0.25) is 0 Å². The second kappa shape index (κ2) is 7.67. The molecule has 1 aliphatic rings. The topological polar surface area (TPSA) is 93.2 Å². The Morgan fingerprint density at radius 2 is 2.32 bits per heavy atom. The first kappa shape index (κ1) is 17.4. The average Bonchev–Trinajstić information content (AvgIpc) is 3.18. The SMILES string of the molecule is CCNC(=NCc1nc(C)no1)NC1CCc2cn(C(C)C)nc2C1. The molecule has 0 saturated carbocycles. The van der Waals surface area contributed by atoms with Crippen LogP contribution >= 0.6 is 0 Å². The summed E-state index contributed by atoms with van der Waals surface area (Å²) in [5.74, 6) is 1.93. The molecular weight excluding hydrogens is 318 g/mol. The lowest BCUT2D eigenvalue weighted by Gasteiger charge is -2.24. The van der Waals surface area contributed by atoms with Crippen molar-refractivity contribution in [1.82, 2.24) is 30.6 Å². The molecule has 8 heteroatoms. The molecule has 1 aliphatic carbocycles. The summed E-state index contributed by atoms with van der Waals surface area (Å²) in [7, 11) is 0.